The molecule has 1 fully saturated rings. The van der Waals surface area contributed by atoms with Crippen molar-refractivity contribution in [1.82, 2.24) is 0 Å². The molecule has 4 rings (SSSR count). The molecule has 4 aliphatic carbocycles. The van der Waals surface area contributed by atoms with E-state index in [2.05, 4.69) is 39.8 Å². The Morgan fingerprint density at radius 2 is 1.96 bits per heavy atom. The summed E-state index contributed by atoms with van der Waals surface area (Å²) >= 11 is 0. The lowest BCUT2D eigenvalue weighted by atomic mass is 9.56. The first-order chi connectivity index (χ1) is 10.7. The van der Waals surface area contributed by atoms with Gasteiger partial charge in [0.1, 0.15) is 0 Å². The van der Waals surface area contributed by atoms with Crippen LogP contribution >= 0.6 is 0 Å². The van der Waals surface area contributed by atoms with Gasteiger partial charge < -0.3 is 5.11 Å². The van der Waals surface area contributed by atoms with Gasteiger partial charge in [-0.2, -0.15) is 0 Å². The van der Waals surface area contributed by atoms with Gasteiger partial charge in [-0.15, -0.1) is 0 Å². The highest BCUT2D eigenvalue weighted by molar-refractivity contribution is 5.97. The summed E-state index contributed by atoms with van der Waals surface area (Å²) in [6.07, 6.45) is 10.2. The third-order valence-corrected chi connectivity index (χ3v) is 7.16. The summed E-state index contributed by atoms with van der Waals surface area (Å²) in [7, 11) is 0. The highest BCUT2D eigenvalue weighted by atomic mass is 16.3. The summed E-state index contributed by atoms with van der Waals surface area (Å²) in [6.45, 7) is 8.70. The van der Waals surface area contributed by atoms with Crippen molar-refractivity contribution in [1.29, 1.82) is 0 Å². The van der Waals surface area contributed by atoms with Gasteiger partial charge in [0.2, 0.25) is 0 Å². The number of hydrogen-bond acceptors (Lipinski definition) is 2. The molecule has 0 spiro atoms. The number of rotatable bonds is 0. The van der Waals surface area contributed by atoms with Crippen LogP contribution in [0, 0.1) is 28.6 Å². The number of hydrogen-bond donors (Lipinski definition) is 1. The number of carbonyl (C=O) groups is 1. The molecule has 4 aliphatic rings. The third-order valence-electron chi connectivity index (χ3n) is 7.16. The van der Waals surface area contributed by atoms with Crippen molar-refractivity contribution in [2.45, 2.75) is 59.5 Å². The molecule has 1 N–H and O–H groups in total. The summed E-state index contributed by atoms with van der Waals surface area (Å²) < 4.78 is 0. The van der Waals surface area contributed by atoms with Crippen molar-refractivity contribution in [2.24, 2.45) is 28.6 Å². The predicted octanol–water partition coefficient (Wildman–Crippen LogP) is 4.21. The van der Waals surface area contributed by atoms with Gasteiger partial charge >= 0.3 is 0 Å². The van der Waals surface area contributed by atoms with E-state index < -0.39 is 0 Å². The maximum atomic E-state index is 12.4. The number of aliphatic hydroxyl groups excluding tert-OH is 1. The molecule has 124 valence electrons. The van der Waals surface area contributed by atoms with Gasteiger partial charge in [0.25, 0.3) is 0 Å². The fraction of sp³-hybridized carbons (Fsp3) is 0.667. The number of allylic oxidation sites excluding steroid dienone is 5. The van der Waals surface area contributed by atoms with E-state index in [1.54, 1.807) is 0 Å². The highest BCUT2D eigenvalue weighted by Gasteiger charge is 2.53. The first-order valence-electron chi connectivity index (χ1n) is 9.10. The molecule has 1 saturated carbocycles. The molecule has 0 aromatic heterocycles. The molecular weight excluding hydrogens is 284 g/mol. The summed E-state index contributed by atoms with van der Waals surface area (Å²) in [5, 5.41) is 10.5. The van der Waals surface area contributed by atoms with Crippen molar-refractivity contribution >= 4 is 5.78 Å². The molecule has 0 saturated heterocycles. The normalized spacial score (nSPS) is 44.6. The van der Waals surface area contributed by atoms with Gasteiger partial charge in [0.15, 0.2) is 5.78 Å². The Hall–Kier alpha value is -1.15. The molecule has 0 aromatic rings. The van der Waals surface area contributed by atoms with Crippen LogP contribution in [-0.2, 0) is 4.79 Å². The SMILES string of the molecule is C[C@@H]1CC2=CC(=O)C(C)(C)CC2=C2C=C[C@]3(C)[C@@H](O)CC[C@H]3[C@@H]21. The highest BCUT2D eigenvalue weighted by Crippen LogP contribution is 2.59. The average Bonchev–Trinajstić information content (AvgIpc) is 2.77. The molecular formula is C21H28O2. The van der Waals surface area contributed by atoms with Crippen molar-refractivity contribution in [3.8, 4) is 0 Å². The average molecular weight is 312 g/mol. The molecule has 0 bridgehead atoms. The maximum absolute atomic E-state index is 12.4. The van der Waals surface area contributed by atoms with E-state index in [-0.39, 0.29) is 22.7 Å². The number of fused-ring (bicyclic) bond motifs is 4. The fourth-order valence-electron chi connectivity index (χ4n) is 5.64. The Morgan fingerprint density at radius 3 is 2.70 bits per heavy atom. The van der Waals surface area contributed by atoms with Crippen LogP contribution in [0.25, 0.3) is 0 Å². The zero-order valence-corrected chi connectivity index (χ0v) is 14.7. The number of ketones is 1. The quantitative estimate of drug-likeness (QED) is 0.727. The van der Waals surface area contributed by atoms with Crippen LogP contribution < -0.4 is 0 Å². The Bertz CT molecular complexity index is 663. The van der Waals surface area contributed by atoms with Gasteiger partial charge in [-0.05, 0) is 66.2 Å². The largest absolute Gasteiger partial charge is 0.392 e. The first-order valence-corrected chi connectivity index (χ1v) is 9.10. The molecule has 23 heavy (non-hydrogen) atoms. The summed E-state index contributed by atoms with van der Waals surface area (Å²) in [6, 6.07) is 0. The van der Waals surface area contributed by atoms with Gasteiger partial charge in [-0.25, -0.2) is 0 Å². The Labute approximate surface area is 139 Å². The zero-order chi connectivity index (χ0) is 16.6. The van der Waals surface area contributed by atoms with E-state index in [0.29, 0.717) is 17.8 Å². The molecule has 2 nitrogen and oxygen atoms in total. The monoisotopic (exact) mass is 312 g/mol. The van der Waals surface area contributed by atoms with Gasteiger partial charge in [-0.1, -0.05) is 39.8 Å². The van der Waals surface area contributed by atoms with E-state index >= 15 is 0 Å². The Balaban J connectivity index is 1.87. The van der Waals surface area contributed by atoms with E-state index in [4.69, 9.17) is 0 Å². The smallest absolute Gasteiger partial charge is 0.161 e. The molecule has 0 heterocycles. The van der Waals surface area contributed by atoms with Crippen molar-refractivity contribution in [2.75, 3.05) is 0 Å². The van der Waals surface area contributed by atoms with Crippen molar-refractivity contribution in [3.63, 3.8) is 0 Å². The van der Waals surface area contributed by atoms with E-state index in [1.165, 1.54) is 16.7 Å². The molecule has 0 aliphatic heterocycles. The van der Waals surface area contributed by atoms with E-state index in [1.807, 2.05) is 6.08 Å². The first kappa shape index (κ1) is 15.4. The second-order valence-electron chi connectivity index (χ2n) is 9.13. The minimum absolute atomic E-state index is 0.0653. The van der Waals surface area contributed by atoms with Crippen LogP contribution in [-0.4, -0.2) is 17.0 Å². The van der Waals surface area contributed by atoms with Crippen LogP contribution in [0.15, 0.2) is 34.9 Å². The lowest BCUT2D eigenvalue weighted by Crippen LogP contribution is -2.42. The minimum Gasteiger partial charge on any atom is -0.392 e. The van der Waals surface area contributed by atoms with Crippen molar-refractivity contribution in [3.05, 3.63) is 34.9 Å². The van der Waals surface area contributed by atoms with E-state index in [0.717, 1.165) is 25.7 Å². The van der Waals surface area contributed by atoms with E-state index in [9.17, 15) is 9.90 Å². The maximum Gasteiger partial charge on any atom is 0.161 e. The van der Waals surface area contributed by atoms with Crippen LogP contribution in [0.2, 0.25) is 0 Å². The molecule has 0 unspecified atom stereocenters. The molecule has 2 heteroatoms. The fourth-order valence-corrected chi connectivity index (χ4v) is 5.64. The second kappa shape index (κ2) is 4.69. The Kier molecular flexibility index (Phi) is 3.14. The molecule has 0 aromatic carbocycles. The second-order valence-corrected chi connectivity index (χ2v) is 9.13. The zero-order valence-electron chi connectivity index (χ0n) is 14.7. The predicted molar refractivity (Wildman–Crippen MR) is 91.8 cm³/mol. The van der Waals surface area contributed by atoms with Crippen LogP contribution in [0.4, 0.5) is 0 Å². The van der Waals surface area contributed by atoms with Crippen LogP contribution in [0.5, 0.6) is 0 Å². The molecule has 0 amide bonds. The number of carbonyl (C=O) groups excluding carboxylic acids is 1. The van der Waals surface area contributed by atoms with Gasteiger partial charge in [-0.3, -0.25) is 4.79 Å². The Morgan fingerprint density at radius 1 is 1.22 bits per heavy atom. The van der Waals surface area contributed by atoms with Gasteiger partial charge in [0, 0.05) is 10.8 Å². The lowest BCUT2D eigenvalue weighted by Gasteiger charge is -2.48. The lowest BCUT2D eigenvalue weighted by molar-refractivity contribution is -0.122. The standard InChI is InChI=1S/C21H28O2/c1-12-9-13-10-18(23)20(2,3)11-15(13)14-7-8-21(4)16(19(12)14)5-6-17(21)22/h7-8,10,12,16-17,19,22H,5-6,9,11H2,1-4H3/t12-,16+,17+,19-,21+/m1/s1. The van der Waals surface area contributed by atoms with Crippen LogP contribution in [0.3, 0.4) is 0 Å². The summed E-state index contributed by atoms with van der Waals surface area (Å²) in [4.78, 5) is 12.4. The minimum atomic E-state index is -0.277. The van der Waals surface area contributed by atoms with Crippen LogP contribution in [0.1, 0.15) is 53.4 Å². The summed E-state index contributed by atoms with van der Waals surface area (Å²) in [5.41, 5.74) is 3.83. The molecule has 0 radical (unpaired) electrons. The number of aliphatic hydroxyl groups is 1. The van der Waals surface area contributed by atoms with Crippen molar-refractivity contribution < 1.29 is 9.90 Å². The third kappa shape index (κ3) is 2.00. The summed E-state index contributed by atoms with van der Waals surface area (Å²) in [5.74, 6) is 1.91. The topological polar surface area (TPSA) is 37.3 Å². The van der Waals surface area contributed by atoms with Gasteiger partial charge in [0.05, 0.1) is 6.10 Å². The molecule has 5 atom stereocenters.